The molecule has 0 aliphatic carbocycles. The van der Waals surface area contributed by atoms with E-state index < -0.39 is 35.2 Å². The molecule has 0 aliphatic heterocycles. The van der Waals surface area contributed by atoms with Gasteiger partial charge in [0.1, 0.15) is 0 Å². The average Bonchev–Trinajstić information content (AvgIpc) is 2.11. The van der Waals surface area contributed by atoms with Crippen molar-refractivity contribution in [2.45, 2.75) is 0 Å². The van der Waals surface area contributed by atoms with Gasteiger partial charge < -0.3 is 0 Å². The molecule has 0 aromatic heterocycles. The smallest absolute Gasteiger partial charge is 0.258 e. The van der Waals surface area contributed by atoms with Crippen molar-refractivity contribution in [2.75, 3.05) is 0 Å². The predicted octanol–water partition coefficient (Wildman–Crippen LogP) is 3.22. The average molecular weight is 429 g/mol. The molecule has 0 heterocycles. The minimum absolute atomic E-state index is 0.583. The van der Waals surface area contributed by atoms with Crippen LogP contribution < -0.4 is 0 Å². The second-order valence-corrected chi connectivity index (χ2v) is 4.33. The molecule has 8 heteroatoms. The summed E-state index contributed by atoms with van der Waals surface area (Å²) < 4.78 is 37.9. The number of hydrogen-bond donors (Lipinski definition) is 0. The highest BCUT2D eigenvalue weighted by molar-refractivity contribution is 14.1. The zero-order valence-electron chi connectivity index (χ0n) is 6.15. The van der Waals surface area contributed by atoms with Gasteiger partial charge in [0, 0.05) is 0 Å². The lowest BCUT2D eigenvalue weighted by atomic mass is 10.3. The van der Waals surface area contributed by atoms with Gasteiger partial charge in [0.2, 0.25) is 11.6 Å². The third-order valence-corrected chi connectivity index (χ3v) is 3.26. The normalized spacial score (nSPS) is 10.4. The van der Waals surface area contributed by atoms with E-state index in [4.69, 9.17) is 0 Å². The minimum atomic E-state index is -1.48. The molecule has 0 N–H and O–H groups in total. The molecule has 0 radical (unpaired) electrons. The molecule has 0 fully saturated rings. The summed E-state index contributed by atoms with van der Waals surface area (Å²) in [4.78, 5) is 9.04. The molecule has 0 saturated heterocycles. The molecule has 14 heavy (non-hydrogen) atoms. The second kappa shape index (κ2) is 4.16. The maximum absolute atomic E-state index is 13.0. The summed E-state index contributed by atoms with van der Waals surface area (Å²) in [6, 6.07) is 0. The van der Waals surface area contributed by atoms with Crippen LogP contribution in [0.2, 0.25) is 0 Å². The van der Waals surface area contributed by atoms with Crippen molar-refractivity contribution in [1.82, 2.24) is 0 Å². The summed E-state index contributed by atoms with van der Waals surface area (Å²) >= 11 is 2.49. The third kappa shape index (κ3) is 1.81. The number of nitro benzene ring substituents is 1. The van der Waals surface area contributed by atoms with E-state index in [2.05, 4.69) is 0 Å². The molecule has 0 spiro atoms. The van der Waals surface area contributed by atoms with Crippen LogP contribution in [0.3, 0.4) is 0 Å². The van der Waals surface area contributed by atoms with Gasteiger partial charge in [-0.1, -0.05) is 0 Å². The van der Waals surface area contributed by atoms with E-state index in [0.717, 1.165) is 0 Å². The van der Waals surface area contributed by atoms with Gasteiger partial charge in [-0.3, -0.25) is 10.1 Å². The first kappa shape index (κ1) is 11.9. The molecular formula is C6F3I2NO2. The molecule has 0 bridgehead atoms. The quantitative estimate of drug-likeness (QED) is 0.227. The van der Waals surface area contributed by atoms with Gasteiger partial charge in [0.15, 0.2) is 5.82 Å². The van der Waals surface area contributed by atoms with Crippen LogP contribution in [0.1, 0.15) is 0 Å². The monoisotopic (exact) mass is 429 g/mol. The molecule has 0 aliphatic rings. The van der Waals surface area contributed by atoms with Gasteiger partial charge in [-0.2, -0.15) is 8.78 Å². The van der Waals surface area contributed by atoms with Crippen LogP contribution in [0.25, 0.3) is 0 Å². The van der Waals surface area contributed by atoms with Gasteiger partial charge in [0.05, 0.1) is 12.1 Å². The van der Waals surface area contributed by atoms with Crippen molar-refractivity contribution in [2.24, 2.45) is 0 Å². The Morgan fingerprint density at radius 1 is 1.00 bits per heavy atom. The molecule has 0 atom stereocenters. The molecule has 1 aromatic rings. The fraction of sp³-hybridized carbons (Fsp3) is 0. The van der Waals surface area contributed by atoms with E-state index >= 15 is 0 Å². The predicted molar refractivity (Wildman–Crippen MR) is 58.4 cm³/mol. The number of halogens is 5. The molecule has 3 nitrogen and oxygen atoms in total. The fourth-order valence-corrected chi connectivity index (χ4v) is 2.32. The van der Waals surface area contributed by atoms with E-state index in [1.807, 2.05) is 0 Å². The first-order valence-corrected chi connectivity index (χ1v) is 5.19. The maximum Gasteiger partial charge on any atom is 0.342 e. The van der Waals surface area contributed by atoms with E-state index in [0.29, 0.717) is 0 Å². The van der Waals surface area contributed by atoms with Crippen LogP contribution in [0.5, 0.6) is 0 Å². The SMILES string of the molecule is O=[N+]([O-])c1c(F)c(I)c(F)c(I)c1F. The van der Waals surface area contributed by atoms with Crippen LogP contribution in [0.15, 0.2) is 0 Å². The van der Waals surface area contributed by atoms with Crippen molar-refractivity contribution in [1.29, 1.82) is 0 Å². The minimum Gasteiger partial charge on any atom is -0.258 e. The lowest BCUT2D eigenvalue weighted by Gasteiger charge is -2.02. The molecule has 76 valence electrons. The number of rotatable bonds is 1. The molecule has 1 rings (SSSR count). The Bertz CT molecular complexity index is 395. The first-order chi connectivity index (χ1) is 6.37. The van der Waals surface area contributed by atoms with Crippen molar-refractivity contribution in [3.8, 4) is 0 Å². The molecule has 0 unspecified atom stereocenters. The zero-order valence-corrected chi connectivity index (χ0v) is 10.5. The summed E-state index contributed by atoms with van der Waals surface area (Å²) in [6.07, 6.45) is 0. The van der Waals surface area contributed by atoms with Crippen LogP contribution in [0, 0.1) is 34.7 Å². The lowest BCUT2D eigenvalue weighted by Crippen LogP contribution is -2.04. The van der Waals surface area contributed by atoms with Crippen molar-refractivity contribution in [3.63, 3.8) is 0 Å². The van der Waals surface area contributed by atoms with E-state index in [9.17, 15) is 23.3 Å². The number of nitrogens with zero attached hydrogens (tertiary/aromatic N) is 1. The Labute approximate surface area is 103 Å². The van der Waals surface area contributed by atoms with Crippen molar-refractivity contribution >= 4 is 50.9 Å². The molecule has 0 amide bonds. The van der Waals surface area contributed by atoms with Gasteiger partial charge in [0.25, 0.3) is 0 Å². The van der Waals surface area contributed by atoms with Crippen LogP contribution in [-0.4, -0.2) is 4.92 Å². The Hall–Kier alpha value is -0.130. The van der Waals surface area contributed by atoms with Crippen LogP contribution in [-0.2, 0) is 0 Å². The molecular weight excluding hydrogens is 429 g/mol. The van der Waals surface area contributed by atoms with Crippen LogP contribution >= 0.6 is 45.2 Å². The Morgan fingerprint density at radius 3 is 1.64 bits per heavy atom. The Morgan fingerprint density at radius 2 is 1.36 bits per heavy atom. The second-order valence-electron chi connectivity index (χ2n) is 2.18. The number of nitro groups is 1. The standard InChI is InChI=1S/C6F3I2NO2/c7-1-4(10)2(8)6(12(13)14)3(9)5(1)11. The Balaban J connectivity index is 3.68. The highest BCUT2D eigenvalue weighted by Gasteiger charge is 2.30. The lowest BCUT2D eigenvalue weighted by molar-refractivity contribution is -0.390. The first-order valence-electron chi connectivity index (χ1n) is 3.03. The van der Waals surface area contributed by atoms with Crippen molar-refractivity contribution in [3.05, 3.63) is 34.7 Å². The Kier molecular flexibility index (Phi) is 3.55. The largest absolute Gasteiger partial charge is 0.342 e. The summed E-state index contributed by atoms with van der Waals surface area (Å²) in [5.74, 6) is -4.08. The van der Waals surface area contributed by atoms with Gasteiger partial charge in [-0.15, -0.1) is 0 Å². The summed E-state index contributed by atoms with van der Waals surface area (Å²) in [5.41, 5.74) is -1.32. The van der Waals surface area contributed by atoms with Gasteiger partial charge in [-0.25, -0.2) is 4.39 Å². The van der Waals surface area contributed by atoms with E-state index in [-0.39, 0.29) is 0 Å². The van der Waals surface area contributed by atoms with Crippen LogP contribution in [0.4, 0.5) is 18.9 Å². The number of hydrogen-bond acceptors (Lipinski definition) is 2. The van der Waals surface area contributed by atoms with E-state index in [1.165, 1.54) is 45.2 Å². The molecule has 0 saturated carbocycles. The summed E-state index contributed by atoms with van der Waals surface area (Å²) in [6.45, 7) is 0. The topological polar surface area (TPSA) is 43.1 Å². The molecule has 1 aromatic carbocycles. The maximum atomic E-state index is 13.0. The summed E-state index contributed by atoms with van der Waals surface area (Å²) in [5, 5.41) is 10.3. The highest BCUT2D eigenvalue weighted by atomic mass is 127. The highest BCUT2D eigenvalue weighted by Crippen LogP contribution is 2.32. The van der Waals surface area contributed by atoms with Gasteiger partial charge in [-0.05, 0) is 45.2 Å². The zero-order chi connectivity index (χ0) is 11.0. The van der Waals surface area contributed by atoms with Crippen molar-refractivity contribution < 1.29 is 18.1 Å². The third-order valence-electron chi connectivity index (χ3n) is 1.37. The van der Waals surface area contributed by atoms with E-state index in [1.54, 1.807) is 0 Å². The fourth-order valence-electron chi connectivity index (χ4n) is 0.754. The number of benzene rings is 1. The van der Waals surface area contributed by atoms with Gasteiger partial charge >= 0.3 is 5.69 Å². The summed E-state index contributed by atoms with van der Waals surface area (Å²) in [7, 11) is 0.